The molecule has 0 unspecified atom stereocenters. The smallest absolute Gasteiger partial charge is 0.352 e. The Morgan fingerprint density at radius 1 is 1.10 bits per heavy atom. The minimum atomic E-state index is -1.02. The fourth-order valence-electron chi connectivity index (χ4n) is 2.35. The van der Waals surface area contributed by atoms with Crippen LogP contribution in [0.3, 0.4) is 0 Å². The molecule has 0 amide bonds. The molecule has 0 aliphatic rings. The van der Waals surface area contributed by atoms with Crippen molar-refractivity contribution >= 4 is 16.9 Å². The average molecular weight is 269 g/mol. The van der Waals surface area contributed by atoms with Crippen molar-refractivity contribution in [1.29, 1.82) is 0 Å². The predicted octanol–water partition coefficient (Wildman–Crippen LogP) is 3.53. The Hall–Kier alpha value is -2.62. The molecule has 0 aliphatic heterocycles. The molecular weight excluding hydrogens is 257 g/mol. The number of halogens is 1. The van der Waals surface area contributed by atoms with E-state index in [-0.39, 0.29) is 18.1 Å². The first-order valence-electron chi connectivity index (χ1n) is 6.22. The van der Waals surface area contributed by atoms with E-state index in [1.54, 1.807) is 28.8 Å². The largest absolute Gasteiger partial charge is 0.477 e. The molecule has 0 atom stereocenters. The zero-order valence-electron chi connectivity index (χ0n) is 10.6. The van der Waals surface area contributed by atoms with Crippen molar-refractivity contribution in [3.8, 4) is 0 Å². The van der Waals surface area contributed by atoms with Crippen molar-refractivity contribution in [1.82, 2.24) is 4.57 Å². The number of aromatic nitrogens is 1. The first-order chi connectivity index (χ1) is 9.66. The summed E-state index contributed by atoms with van der Waals surface area (Å²) in [5, 5.41) is 10.1. The molecule has 3 rings (SSSR count). The van der Waals surface area contributed by atoms with Gasteiger partial charge in [0.1, 0.15) is 11.5 Å². The third kappa shape index (κ3) is 2.05. The van der Waals surface area contributed by atoms with Gasteiger partial charge in [-0.3, -0.25) is 0 Å². The second-order valence-electron chi connectivity index (χ2n) is 4.57. The van der Waals surface area contributed by atoms with Gasteiger partial charge >= 0.3 is 5.97 Å². The van der Waals surface area contributed by atoms with Crippen LogP contribution in [-0.4, -0.2) is 15.6 Å². The zero-order valence-corrected chi connectivity index (χ0v) is 10.6. The van der Waals surface area contributed by atoms with Crippen LogP contribution < -0.4 is 0 Å². The summed E-state index contributed by atoms with van der Waals surface area (Å²) in [6.45, 7) is 0.196. The van der Waals surface area contributed by atoms with Gasteiger partial charge in [-0.2, -0.15) is 0 Å². The maximum atomic E-state index is 13.8. The minimum Gasteiger partial charge on any atom is -0.477 e. The summed E-state index contributed by atoms with van der Waals surface area (Å²) in [7, 11) is 0. The number of hydrogen-bond donors (Lipinski definition) is 1. The molecule has 0 aliphatic carbocycles. The Kier molecular flexibility index (Phi) is 2.99. The summed E-state index contributed by atoms with van der Waals surface area (Å²) in [6, 6.07) is 15.4. The van der Waals surface area contributed by atoms with E-state index in [2.05, 4.69) is 0 Å². The van der Waals surface area contributed by atoms with Crippen LogP contribution in [0.1, 0.15) is 16.1 Å². The first kappa shape index (κ1) is 12.4. The molecule has 1 N–H and O–H groups in total. The Balaban J connectivity index is 2.17. The third-order valence-electron chi connectivity index (χ3n) is 3.32. The number of hydrogen-bond acceptors (Lipinski definition) is 1. The van der Waals surface area contributed by atoms with Crippen LogP contribution in [0.4, 0.5) is 4.39 Å². The average Bonchev–Trinajstić information content (AvgIpc) is 2.81. The second-order valence-corrected chi connectivity index (χ2v) is 4.57. The van der Waals surface area contributed by atoms with Gasteiger partial charge in [0.15, 0.2) is 0 Å². The molecule has 3 aromatic rings. The molecule has 1 aromatic heterocycles. The fraction of sp³-hybridized carbons (Fsp3) is 0.0625. The van der Waals surface area contributed by atoms with E-state index in [0.29, 0.717) is 5.56 Å². The Labute approximate surface area is 114 Å². The van der Waals surface area contributed by atoms with Gasteiger partial charge in [-0.1, -0.05) is 36.4 Å². The van der Waals surface area contributed by atoms with Crippen molar-refractivity contribution in [3.63, 3.8) is 0 Å². The number of carboxylic acid groups (broad SMARTS) is 1. The molecule has 0 spiro atoms. The van der Waals surface area contributed by atoms with Crippen LogP contribution in [-0.2, 0) is 6.54 Å². The minimum absolute atomic E-state index is 0.162. The lowest BCUT2D eigenvalue weighted by Gasteiger charge is -2.09. The Bertz CT molecular complexity index is 792. The van der Waals surface area contributed by atoms with Crippen molar-refractivity contribution in [2.24, 2.45) is 0 Å². The topological polar surface area (TPSA) is 42.2 Å². The number of rotatable bonds is 3. The maximum Gasteiger partial charge on any atom is 0.352 e. The molecule has 0 bridgehead atoms. The number of nitrogens with zero attached hydrogens (tertiary/aromatic N) is 1. The Morgan fingerprint density at radius 2 is 1.80 bits per heavy atom. The van der Waals surface area contributed by atoms with Crippen LogP contribution in [0.25, 0.3) is 10.9 Å². The quantitative estimate of drug-likeness (QED) is 0.790. The van der Waals surface area contributed by atoms with Crippen LogP contribution in [0.2, 0.25) is 0 Å². The first-order valence-corrected chi connectivity index (χ1v) is 6.22. The van der Waals surface area contributed by atoms with Crippen LogP contribution in [0.5, 0.6) is 0 Å². The molecule has 0 saturated heterocycles. The van der Waals surface area contributed by atoms with E-state index >= 15 is 0 Å². The number of aromatic carboxylic acids is 1. The lowest BCUT2D eigenvalue weighted by molar-refractivity contribution is 0.0686. The van der Waals surface area contributed by atoms with Crippen molar-refractivity contribution in [2.45, 2.75) is 6.54 Å². The lowest BCUT2D eigenvalue weighted by Crippen LogP contribution is -2.10. The molecule has 0 fully saturated rings. The molecule has 100 valence electrons. The van der Waals surface area contributed by atoms with E-state index < -0.39 is 5.97 Å². The van der Waals surface area contributed by atoms with Gasteiger partial charge in [0.25, 0.3) is 0 Å². The molecule has 0 radical (unpaired) electrons. The van der Waals surface area contributed by atoms with Gasteiger partial charge in [0, 0.05) is 16.5 Å². The van der Waals surface area contributed by atoms with Gasteiger partial charge in [0.05, 0.1) is 6.54 Å². The van der Waals surface area contributed by atoms with Crippen LogP contribution in [0, 0.1) is 5.82 Å². The summed E-state index contributed by atoms with van der Waals surface area (Å²) >= 11 is 0. The molecule has 20 heavy (non-hydrogen) atoms. The molecule has 0 saturated carbocycles. The molecular formula is C16H12FNO2. The molecule has 4 heteroatoms. The highest BCUT2D eigenvalue weighted by molar-refractivity contribution is 5.94. The number of para-hydroxylation sites is 1. The third-order valence-corrected chi connectivity index (χ3v) is 3.32. The van der Waals surface area contributed by atoms with Gasteiger partial charge in [-0.15, -0.1) is 0 Å². The number of fused-ring (bicyclic) bond motifs is 1. The van der Waals surface area contributed by atoms with Crippen molar-refractivity contribution in [3.05, 3.63) is 71.7 Å². The second kappa shape index (κ2) is 4.81. The summed E-state index contributed by atoms with van der Waals surface area (Å²) in [5.74, 6) is -1.35. The molecule has 1 heterocycles. The summed E-state index contributed by atoms with van der Waals surface area (Å²) < 4.78 is 15.4. The van der Waals surface area contributed by atoms with Crippen LogP contribution >= 0.6 is 0 Å². The Morgan fingerprint density at radius 3 is 2.55 bits per heavy atom. The zero-order chi connectivity index (χ0) is 14.1. The van der Waals surface area contributed by atoms with Gasteiger partial charge < -0.3 is 9.67 Å². The maximum absolute atomic E-state index is 13.8. The van der Waals surface area contributed by atoms with Gasteiger partial charge in [-0.05, 0) is 18.2 Å². The highest BCUT2D eigenvalue weighted by atomic mass is 19.1. The van der Waals surface area contributed by atoms with E-state index in [1.165, 1.54) is 6.07 Å². The normalized spacial score (nSPS) is 10.8. The standard InChI is InChI=1S/C16H12FNO2/c17-13-7-3-1-6-12(13)10-18-14-8-4-2-5-11(14)9-15(18)16(19)20/h1-9H,10H2,(H,19,20). The van der Waals surface area contributed by atoms with E-state index in [0.717, 1.165) is 10.9 Å². The number of benzene rings is 2. The molecule has 2 aromatic carbocycles. The van der Waals surface area contributed by atoms with Crippen molar-refractivity contribution < 1.29 is 14.3 Å². The van der Waals surface area contributed by atoms with E-state index in [9.17, 15) is 14.3 Å². The number of carbonyl (C=O) groups is 1. The fourth-order valence-corrected chi connectivity index (χ4v) is 2.35. The summed E-state index contributed by atoms with van der Waals surface area (Å²) in [4.78, 5) is 11.4. The van der Waals surface area contributed by atoms with Crippen molar-refractivity contribution in [2.75, 3.05) is 0 Å². The molecule has 3 nitrogen and oxygen atoms in total. The number of carboxylic acids is 1. The van der Waals surface area contributed by atoms with E-state index in [1.807, 2.05) is 24.3 Å². The van der Waals surface area contributed by atoms with Gasteiger partial charge in [0.2, 0.25) is 0 Å². The summed E-state index contributed by atoms with van der Waals surface area (Å²) in [6.07, 6.45) is 0. The van der Waals surface area contributed by atoms with E-state index in [4.69, 9.17) is 0 Å². The highest BCUT2D eigenvalue weighted by Crippen LogP contribution is 2.22. The monoisotopic (exact) mass is 269 g/mol. The SMILES string of the molecule is O=C(O)c1cc2ccccc2n1Cc1ccccc1F. The van der Waals surface area contributed by atoms with Crippen LogP contribution in [0.15, 0.2) is 54.6 Å². The van der Waals surface area contributed by atoms with Gasteiger partial charge in [-0.25, -0.2) is 9.18 Å². The lowest BCUT2D eigenvalue weighted by atomic mass is 10.2. The highest BCUT2D eigenvalue weighted by Gasteiger charge is 2.15. The summed E-state index contributed by atoms with van der Waals surface area (Å²) in [5.41, 5.74) is 1.42. The predicted molar refractivity (Wildman–Crippen MR) is 74.4 cm³/mol.